The Labute approximate surface area is 220 Å². The summed E-state index contributed by atoms with van der Waals surface area (Å²) in [5.74, 6) is 5.22. The first kappa shape index (κ1) is 28.1. The number of hydrogen-bond donors (Lipinski definition) is 1. The first-order valence-corrected chi connectivity index (χ1v) is 21.1. The maximum Gasteiger partial charge on any atom is 0.182 e. The van der Waals surface area contributed by atoms with E-state index < -0.39 is 17.4 Å². The van der Waals surface area contributed by atoms with Crippen LogP contribution in [0.2, 0.25) is 31.7 Å². The number of allylic oxidation sites excluding steroid dienone is 1. The number of aliphatic hydroxyl groups is 1. The number of fused-ring (bicyclic) bond motifs is 5. The molecule has 0 bridgehead atoms. The highest BCUT2D eigenvalue weighted by atomic mass is 28.4. The SMILES string of the molecule is CC(C)CCC[C@@H](C)[C@H]1CC[C@H]2[C@@H]3CC=C4C([Si](C)(C)O[SiH](C)C)[C@@H](O)CC[C@]4(C)[C@H]3CC[C@]12C. The van der Waals surface area contributed by atoms with Crippen LogP contribution in [-0.2, 0) is 4.12 Å². The molecule has 4 rings (SSSR count). The highest BCUT2D eigenvalue weighted by molar-refractivity contribution is 6.79. The van der Waals surface area contributed by atoms with Crippen molar-refractivity contribution < 1.29 is 9.22 Å². The topological polar surface area (TPSA) is 29.5 Å². The van der Waals surface area contributed by atoms with E-state index in [1.54, 1.807) is 5.57 Å². The third kappa shape index (κ3) is 5.09. The minimum atomic E-state index is -1.99. The van der Waals surface area contributed by atoms with E-state index in [9.17, 15) is 5.11 Å². The molecule has 0 spiro atoms. The molecule has 0 amide bonds. The summed E-state index contributed by atoms with van der Waals surface area (Å²) in [6.45, 7) is 22.0. The van der Waals surface area contributed by atoms with Crippen molar-refractivity contribution in [2.24, 2.45) is 46.3 Å². The van der Waals surface area contributed by atoms with Gasteiger partial charge in [0, 0.05) is 5.54 Å². The minimum absolute atomic E-state index is 0.198. The molecule has 0 heterocycles. The number of rotatable bonds is 8. The minimum Gasteiger partial charge on any atom is -0.458 e. The molecule has 2 nitrogen and oxygen atoms in total. The zero-order valence-electron chi connectivity index (χ0n) is 24.7. The van der Waals surface area contributed by atoms with Crippen molar-refractivity contribution in [2.45, 2.75) is 137 Å². The quantitative estimate of drug-likeness (QED) is 0.257. The Balaban J connectivity index is 1.56. The highest BCUT2D eigenvalue weighted by Gasteiger charge is 2.61. The lowest BCUT2D eigenvalue weighted by molar-refractivity contribution is -0.0579. The molecule has 0 aromatic rings. The predicted molar refractivity (Wildman–Crippen MR) is 156 cm³/mol. The Morgan fingerprint density at radius 3 is 2.40 bits per heavy atom. The Hall–Kier alpha value is 0.0938. The molecular weight excluding hydrogens is 461 g/mol. The summed E-state index contributed by atoms with van der Waals surface area (Å²) < 4.78 is 6.73. The van der Waals surface area contributed by atoms with E-state index in [0.717, 1.165) is 41.9 Å². The molecule has 9 atom stereocenters. The second kappa shape index (κ2) is 10.3. The third-order valence-electron chi connectivity index (χ3n) is 11.7. The maximum absolute atomic E-state index is 11.3. The zero-order valence-corrected chi connectivity index (χ0v) is 26.9. The van der Waals surface area contributed by atoms with Crippen molar-refractivity contribution >= 4 is 17.4 Å². The van der Waals surface area contributed by atoms with Gasteiger partial charge in [0.25, 0.3) is 0 Å². The number of aliphatic hydroxyl groups excluding tert-OH is 1. The van der Waals surface area contributed by atoms with Gasteiger partial charge in [0.05, 0.1) is 6.10 Å². The lowest BCUT2D eigenvalue weighted by Gasteiger charge is -2.60. The fraction of sp³-hybridized carbons (Fsp3) is 0.935. The molecule has 0 aromatic carbocycles. The molecule has 0 radical (unpaired) electrons. The van der Waals surface area contributed by atoms with Crippen molar-refractivity contribution in [1.29, 1.82) is 0 Å². The maximum atomic E-state index is 11.3. The van der Waals surface area contributed by atoms with E-state index >= 15 is 0 Å². The zero-order chi connectivity index (χ0) is 25.8. The molecule has 0 aliphatic heterocycles. The molecule has 3 saturated carbocycles. The Kier molecular flexibility index (Phi) is 8.30. The van der Waals surface area contributed by atoms with Gasteiger partial charge < -0.3 is 9.22 Å². The predicted octanol–water partition coefficient (Wildman–Crippen LogP) is 8.57. The van der Waals surface area contributed by atoms with Gasteiger partial charge in [0.1, 0.15) is 0 Å². The van der Waals surface area contributed by atoms with E-state index in [-0.39, 0.29) is 11.5 Å². The summed E-state index contributed by atoms with van der Waals surface area (Å²) in [4.78, 5) is 0. The molecule has 0 aromatic heterocycles. The lowest BCUT2D eigenvalue weighted by Crippen LogP contribution is -2.56. The first-order valence-electron chi connectivity index (χ1n) is 15.4. The second-order valence-electron chi connectivity index (χ2n) is 15.1. The summed E-state index contributed by atoms with van der Waals surface area (Å²) in [6, 6.07) is 0. The van der Waals surface area contributed by atoms with Crippen LogP contribution in [0.3, 0.4) is 0 Å². The van der Waals surface area contributed by atoms with Crippen LogP contribution in [0.15, 0.2) is 11.6 Å². The van der Waals surface area contributed by atoms with Crippen molar-refractivity contribution in [2.75, 3.05) is 0 Å². The van der Waals surface area contributed by atoms with Crippen LogP contribution in [0, 0.1) is 46.3 Å². The molecular formula is C31H58O2Si2. The monoisotopic (exact) mass is 518 g/mol. The second-order valence-corrected chi connectivity index (χ2v) is 21.9. The molecule has 202 valence electrons. The van der Waals surface area contributed by atoms with Gasteiger partial charge in [-0.2, -0.15) is 0 Å². The van der Waals surface area contributed by atoms with Gasteiger partial charge in [-0.3, -0.25) is 0 Å². The summed E-state index contributed by atoms with van der Waals surface area (Å²) in [6.07, 6.45) is 15.9. The van der Waals surface area contributed by atoms with Crippen LogP contribution in [-0.4, -0.2) is 28.6 Å². The fourth-order valence-corrected chi connectivity index (χ4v) is 18.0. The van der Waals surface area contributed by atoms with Crippen molar-refractivity contribution in [1.82, 2.24) is 0 Å². The Morgan fingerprint density at radius 1 is 1.03 bits per heavy atom. The first-order chi connectivity index (χ1) is 16.3. The number of hydrogen-bond acceptors (Lipinski definition) is 2. The van der Waals surface area contributed by atoms with Gasteiger partial charge in [0.15, 0.2) is 17.4 Å². The molecule has 4 aliphatic carbocycles. The molecule has 1 N–H and O–H groups in total. The van der Waals surface area contributed by atoms with E-state index in [4.69, 9.17) is 4.12 Å². The van der Waals surface area contributed by atoms with Gasteiger partial charge in [-0.15, -0.1) is 0 Å². The molecule has 35 heavy (non-hydrogen) atoms. The van der Waals surface area contributed by atoms with Gasteiger partial charge >= 0.3 is 0 Å². The third-order valence-corrected chi connectivity index (χ3v) is 18.2. The molecule has 0 saturated heterocycles. The van der Waals surface area contributed by atoms with Crippen LogP contribution in [0.25, 0.3) is 0 Å². The summed E-state index contributed by atoms with van der Waals surface area (Å²) in [7, 11) is -3.11. The highest BCUT2D eigenvalue weighted by Crippen LogP contribution is 2.69. The van der Waals surface area contributed by atoms with E-state index in [0.29, 0.717) is 11.0 Å². The van der Waals surface area contributed by atoms with Crippen LogP contribution in [0.1, 0.15) is 98.8 Å². The Morgan fingerprint density at radius 2 is 1.74 bits per heavy atom. The van der Waals surface area contributed by atoms with Gasteiger partial charge in [-0.05, 0) is 117 Å². The normalized spacial score (nSPS) is 42.5. The smallest absolute Gasteiger partial charge is 0.182 e. The van der Waals surface area contributed by atoms with Crippen LogP contribution in [0.4, 0.5) is 0 Å². The van der Waals surface area contributed by atoms with Gasteiger partial charge in [-0.25, -0.2) is 0 Å². The molecule has 4 aliphatic rings. The summed E-state index contributed by atoms with van der Waals surface area (Å²) in [5, 5.41) is 11.3. The standard InChI is InChI=1S/C31H58O2Si2/c1-21(2)11-10-12-22(3)24-15-16-25-23-13-14-27-29(35(8,9)33-34(6)7)28(32)18-20-31(27,5)26(23)17-19-30(24,25)4/h14,21-26,28-29,32,34H,10-13,15-20H2,1-9H3/t22-,23+,24-,25+,26+,28+,29?,30-,31-/m1/s1. The van der Waals surface area contributed by atoms with E-state index in [1.807, 2.05) is 0 Å². The van der Waals surface area contributed by atoms with Gasteiger partial charge in [0.2, 0.25) is 0 Å². The fourth-order valence-electron chi connectivity index (χ4n) is 10.3. The molecule has 3 fully saturated rings. The summed E-state index contributed by atoms with van der Waals surface area (Å²) in [5.41, 5.74) is 2.75. The van der Waals surface area contributed by atoms with Crippen LogP contribution >= 0.6 is 0 Å². The van der Waals surface area contributed by atoms with Crippen molar-refractivity contribution in [3.63, 3.8) is 0 Å². The van der Waals surface area contributed by atoms with Gasteiger partial charge in [-0.1, -0.05) is 65.5 Å². The van der Waals surface area contributed by atoms with E-state index in [1.165, 1.54) is 57.8 Å². The lowest BCUT2D eigenvalue weighted by atomic mass is 9.47. The Bertz CT molecular complexity index is 776. The van der Waals surface area contributed by atoms with Crippen molar-refractivity contribution in [3.05, 3.63) is 11.6 Å². The summed E-state index contributed by atoms with van der Waals surface area (Å²) >= 11 is 0. The molecule has 4 heteroatoms. The van der Waals surface area contributed by atoms with Crippen molar-refractivity contribution in [3.8, 4) is 0 Å². The van der Waals surface area contributed by atoms with Crippen LogP contribution in [0.5, 0.6) is 0 Å². The average molecular weight is 519 g/mol. The van der Waals surface area contributed by atoms with Crippen LogP contribution < -0.4 is 0 Å². The average Bonchev–Trinajstić information content (AvgIpc) is 3.10. The largest absolute Gasteiger partial charge is 0.458 e. The molecule has 1 unspecified atom stereocenters. The van der Waals surface area contributed by atoms with E-state index in [2.05, 4.69) is 66.9 Å².